The molecule has 0 aliphatic carbocycles. The molecule has 1 saturated heterocycles. The molecule has 1 aliphatic heterocycles. The van der Waals surface area contributed by atoms with Crippen LogP contribution in [0.25, 0.3) is 0 Å². The molecule has 162 valence electrons. The van der Waals surface area contributed by atoms with E-state index in [0.29, 0.717) is 25.1 Å². The van der Waals surface area contributed by atoms with Crippen LogP contribution in [0.5, 0.6) is 0 Å². The van der Waals surface area contributed by atoms with Gasteiger partial charge in [-0.3, -0.25) is 9.69 Å². The number of sulfonamides is 1. The summed E-state index contributed by atoms with van der Waals surface area (Å²) >= 11 is 0. The topological polar surface area (TPSA) is 105 Å². The molecule has 1 heterocycles. The van der Waals surface area contributed by atoms with Gasteiger partial charge in [0.25, 0.3) is 0 Å². The molecule has 8 nitrogen and oxygen atoms in total. The second-order valence-electron chi connectivity index (χ2n) is 9.20. The molecule has 29 heavy (non-hydrogen) atoms. The van der Waals surface area contributed by atoms with Crippen molar-refractivity contribution in [2.75, 3.05) is 11.9 Å². The quantitative estimate of drug-likeness (QED) is 0.771. The molecule has 1 aromatic carbocycles. The molecule has 0 spiro atoms. The molecule has 0 unspecified atom stereocenters. The predicted octanol–water partition coefficient (Wildman–Crippen LogP) is 3.10. The zero-order chi connectivity index (χ0) is 22.0. The molecule has 2 N–H and O–H groups in total. The van der Waals surface area contributed by atoms with E-state index in [9.17, 15) is 18.0 Å². The van der Waals surface area contributed by atoms with Crippen molar-refractivity contribution in [3.63, 3.8) is 0 Å². The van der Waals surface area contributed by atoms with Gasteiger partial charge in [0.2, 0.25) is 15.9 Å². The van der Waals surface area contributed by atoms with Crippen LogP contribution in [-0.2, 0) is 19.6 Å². The summed E-state index contributed by atoms with van der Waals surface area (Å²) in [6, 6.07) is 5.39. The molecule has 1 atom stereocenters. The van der Waals surface area contributed by atoms with Crippen LogP contribution < -0.4 is 10.0 Å². The third kappa shape index (κ3) is 6.71. The molecule has 1 aliphatic rings. The monoisotopic (exact) mass is 425 g/mol. The normalized spacial score (nSPS) is 17.9. The van der Waals surface area contributed by atoms with Crippen molar-refractivity contribution in [1.29, 1.82) is 0 Å². The number of carbonyl (C=O) groups is 2. The van der Waals surface area contributed by atoms with Crippen molar-refractivity contribution in [3.8, 4) is 0 Å². The maximum absolute atomic E-state index is 12.8. The zero-order valence-electron chi connectivity index (χ0n) is 17.9. The average Bonchev–Trinajstić information content (AvgIpc) is 3.01. The summed E-state index contributed by atoms with van der Waals surface area (Å²) in [4.78, 5) is 26.6. The number of ether oxygens (including phenoxy) is 1. The summed E-state index contributed by atoms with van der Waals surface area (Å²) in [5.41, 5.74) is -0.929. The highest BCUT2D eigenvalue weighted by Gasteiger charge is 2.36. The lowest BCUT2D eigenvalue weighted by molar-refractivity contribution is -0.120. The van der Waals surface area contributed by atoms with E-state index in [1.54, 1.807) is 53.7 Å². The third-order valence-electron chi connectivity index (χ3n) is 4.04. The summed E-state index contributed by atoms with van der Waals surface area (Å²) in [6.45, 7) is 11.0. The maximum atomic E-state index is 12.8. The van der Waals surface area contributed by atoms with Crippen LogP contribution >= 0.6 is 0 Å². The lowest BCUT2D eigenvalue weighted by Crippen LogP contribution is -2.45. The van der Waals surface area contributed by atoms with Crippen molar-refractivity contribution in [1.82, 2.24) is 9.62 Å². The molecule has 0 aromatic heterocycles. The van der Waals surface area contributed by atoms with Crippen LogP contribution in [0.3, 0.4) is 0 Å². The van der Waals surface area contributed by atoms with E-state index in [0.717, 1.165) is 0 Å². The average molecular weight is 426 g/mol. The highest BCUT2D eigenvalue weighted by atomic mass is 32.2. The minimum Gasteiger partial charge on any atom is -0.444 e. The molecule has 2 rings (SSSR count). The van der Waals surface area contributed by atoms with Gasteiger partial charge >= 0.3 is 6.09 Å². The molecule has 0 saturated carbocycles. The van der Waals surface area contributed by atoms with Gasteiger partial charge in [-0.1, -0.05) is 6.07 Å². The van der Waals surface area contributed by atoms with E-state index in [-0.39, 0.29) is 10.8 Å². The van der Waals surface area contributed by atoms with Crippen molar-refractivity contribution < 1.29 is 22.7 Å². The molecule has 9 heteroatoms. The van der Waals surface area contributed by atoms with Crippen LogP contribution in [0.2, 0.25) is 0 Å². The number of amides is 2. The predicted molar refractivity (Wildman–Crippen MR) is 111 cm³/mol. The summed E-state index contributed by atoms with van der Waals surface area (Å²) in [5.74, 6) is -0.369. The number of hydrogen-bond donors (Lipinski definition) is 2. The van der Waals surface area contributed by atoms with Crippen molar-refractivity contribution in [3.05, 3.63) is 24.3 Å². The Morgan fingerprint density at radius 3 is 2.38 bits per heavy atom. The Hall–Kier alpha value is -2.13. The van der Waals surface area contributed by atoms with Gasteiger partial charge in [0.15, 0.2) is 0 Å². The number of nitrogens with zero attached hydrogens (tertiary/aromatic N) is 1. The van der Waals surface area contributed by atoms with Gasteiger partial charge in [0, 0.05) is 17.8 Å². The van der Waals surface area contributed by atoms with Gasteiger partial charge in [0.05, 0.1) is 4.90 Å². The molecule has 2 amide bonds. The number of rotatable bonds is 4. The Morgan fingerprint density at radius 1 is 1.14 bits per heavy atom. The minimum absolute atomic E-state index is 0.0562. The lowest BCUT2D eigenvalue weighted by atomic mass is 10.1. The highest BCUT2D eigenvalue weighted by molar-refractivity contribution is 7.89. The van der Waals surface area contributed by atoms with E-state index >= 15 is 0 Å². The van der Waals surface area contributed by atoms with Gasteiger partial charge in [0.1, 0.15) is 11.6 Å². The number of carbonyl (C=O) groups excluding carboxylic acids is 2. The Balaban J connectivity index is 2.14. The van der Waals surface area contributed by atoms with Crippen LogP contribution in [0.1, 0.15) is 54.4 Å². The molecule has 0 bridgehead atoms. The molecular weight excluding hydrogens is 394 g/mol. The first-order valence-corrected chi connectivity index (χ1v) is 11.1. The first kappa shape index (κ1) is 23.2. The van der Waals surface area contributed by atoms with Gasteiger partial charge in [-0.25, -0.2) is 17.9 Å². The molecular formula is C20H31N3O5S. The first-order chi connectivity index (χ1) is 13.2. The molecule has 1 aromatic rings. The molecule has 1 fully saturated rings. The standard InChI is InChI=1S/C20H31N3O5S/c1-19(2,3)22-29(26,27)15-10-7-9-14(13-15)21-17(24)16-11-8-12-23(16)18(25)28-20(4,5)6/h7,9-10,13,16,22H,8,11-12H2,1-6H3,(H,21,24)/t16-/m0/s1. The van der Waals surface area contributed by atoms with E-state index in [1.165, 1.54) is 17.0 Å². The number of nitrogens with one attached hydrogen (secondary N) is 2. The second kappa shape index (κ2) is 8.31. The van der Waals surface area contributed by atoms with E-state index < -0.39 is 33.3 Å². The fraction of sp³-hybridized carbons (Fsp3) is 0.600. The van der Waals surface area contributed by atoms with Crippen molar-refractivity contribution in [2.24, 2.45) is 0 Å². The number of hydrogen-bond acceptors (Lipinski definition) is 5. The van der Waals surface area contributed by atoms with Crippen LogP contribution in [-0.4, -0.2) is 49.0 Å². The van der Waals surface area contributed by atoms with Gasteiger partial charge in [-0.2, -0.15) is 0 Å². The second-order valence-corrected chi connectivity index (χ2v) is 10.9. The summed E-state index contributed by atoms with van der Waals surface area (Å²) in [5, 5.41) is 2.73. The summed E-state index contributed by atoms with van der Waals surface area (Å²) in [7, 11) is -3.73. The van der Waals surface area contributed by atoms with E-state index in [4.69, 9.17) is 4.74 Å². The Labute approximate surface area is 173 Å². The largest absolute Gasteiger partial charge is 0.444 e. The maximum Gasteiger partial charge on any atom is 0.410 e. The number of benzene rings is 1. The first-order valence-electron chi connectivity index (χ1n) is 9.62. The van der Waals surface area contributed by atoms with Crippen LogP contribution in [0, 0.1) is 0 Å². The fourth-order valence-corrected chi connectivity index (χ4v) is 4.47. The van der Waals surface area contributed by atoms with Crippen LogP contribution in [0.15, 0.2) is 29.2 Å². The minimum atomic E-state index is -3.73. The van der Waals surface area contributed by atoms with E-state index in [1.807, 2.05) is 0 Å². The number of likely N-dealkylation sites (tertiary alicyclic amines) is 1. The lowest BCUT2D eigenvalue weighted by Gasteiger charge is -2.28. The van der Waals surface area contributed by atoms with Crippen molar-refractivity contribution in [2.45, 2.75) is 76.5 Å². The zero-order valence-corrected chi connectivity index (χ0v) is 18.7. The van der Waals surface area contributed by atoms with Gasteiger partial charge in [-0.05, 0) is 72.6 Å². The van der Waals surface area contributed by atoms with Gasteiger partial charge in [-0.15, -0.1) is 0 Å². The molecule has 0 radical (unpaired) electrons. The SMILES string of the molecule is CC(C)(C)NS(=O)(=O)c1cccc(NC(=O)[C@@H]2CCCN2C(=O)OC(C)(C)C)c1. The number of anilines is 1. The van der Waals surface area contributed by atoms with Gasteiger partial charge < -0.3 is 10.1 Å². The van der Waals surface area contributed by atoms with Crippen LogP contribution in [0.4, 0.5) is 10.5 Å². The fourth-order valence-electron chi connectivity index (χ4n) is 3.01. The summed E-state index contributed by atoms with van der Waals surface area (Å²) < 4.78 is 33.0. The van der Waals surface area contributed by atoms with E-state index in [2.05, 4.69) is 10.0 Å². The smallest absolute Gasteiger partial charge is 0.410 e. The Kier molecular flexibility index (Phi) is 6.64. The summed E-state index contributed by atoms with van der Waals surface area (Å²) in [6.07, 6.45) is 0.691. The Morgan fingerprint density at radius 2 is 1.79 bits per heavy atom. The Bertz CT molecular complexity index is 869. The third-order valence-corrected chi connectivity index (χ3v) is 5.79. The highest BCUT2D eigenvalue weighted by Crippen LogP contribution is 2.23. The van der Waals surface area contributed by atoms with Crippen molar-refractivity contribution >= 4 is 27.7 Å².